The first-order valence-corrected chi connectivity index (χ1v) is 7.38. The first-order chi connectivity index (χ1) is 8.22. The number of methoxy groups -OCH3 is 1. The predicted molar refractivity (Wildman–Crippen MR) is 73.4 cm³/mol. The van der Waals surface area contributed by atoms with Gasteiger partial charge in [0.2, 0.25) is 0 Å². The Bertz CT molecular complexity index is 319. The van der Waals surface area contributed by atoms with Gasteiger partial charge in [-0.25, -0.2) is 0 Å². The fraction of sp³-hybridized carbons (Fsp3) is 0.714. The maximum atomic E-state index is 5.34. The predicted octanol–water partition coefficient (Wildman–Crippen LogP) is 3.46. The van der Waals surface area contributed by atoms with Crippen molar-refractivity contribution < 1.29 is 4.74 Å². The highest BCUT2D eigenvalue weighted by Crippen LogP contribution is 2.35. The van der Waals surface area contributed by atoms with E-state index in [1.165, 1.54) is 17.7 Å². The van der Waals surface area contributed by atoms with Crippen LogP contribution in [0.2, 0.25) is 0 Å². The van der Waals surface area contributed by atoms with Crippen LogP contribution >= 0.6 is 11.3 Å². The fourth-order valence-corrected chi connectivity index (χ4v) is 3.26. The van der Waals surface area contributed by atoms with E-state index in [1.54, 1.807) is 7.11 Å². The summed E-state index contributed by atoms with van der Waals surface area (Å²) in [6.07, 6.45) is 2.71. The van der Waals surface area contributed by atoms with E-state index in [4.69, 9.17) is 4.74 Å². The van der Waals surface area contributed by atoms with E-state index >= 15 is 0 Å². The third kappa shape index (κ3) is 3.54. The van der Waals surface area contributed by atoms with Crippen molar-refractivity contribution in [2.24, 2.45) is 11.8 Å². The van der Waals surface area contributed by atoms with E-state index in [9.17, 15) is 0 Å². The Labute approximate surface area is 108 Å². The molecule has 2 rings (SSSR count). The Hall–Kier alpha value is -0.380. The zero-order valence-electron chi connectivity index (χ0n) is 11.0. The topological polar surface area (TPSA) is 21.3 Å². The van der Waals surface area contributed by atoms with E-state index in [2.05, 4.69) is 36.7 Å². The standard InChI is InChI=1S/C14H23NOS/c1-10(2)14(13-5-4-8-17-13)15-12(9-16-3)11-6-7-11/h4-5,8,10-12,14-15H,6-7,9H2,1-3H3. The van der Waals surface area contributed by atoms with Crippen LogP contribution in [0.25, 0.3) is 0 Å². The summed E-state index contributed by atoms with van der Waals surface area (Å²) in [5.41, 5.74) is 0. The van der Waals surface area contributed by atoms with Gasteiger partial charge in [0.25, 0.3) is 0 Å². The summed E-state index contributed by atoms with van der Waals surface area (Å²) in [5, 5.41) is 5.97. The highest BCUT2D eigenvalue weighted by atomic mass is 32.1. The molecular weight excluding hydrogens is 230 g/mol. The Morgan fingerprint density at radius 3 is 2.71 bits per heavy atom. The molecule has 1 fully saturated rings. The molecule has 0 bridgehead atoms. The molecule has 1 saturated carbocycles. The first kappa shape index (κ1) is 13.1. The second-order valence-corrected chi connectivity index (χ2v) is 6.28. The average Bonchev–Trinajstić information content (AvgIpc) is 3.00. The van der Waals surface area contributed by atoms with Gasteiger partial charge in [-0.3, -0.25) is 0 Å². The monoisotopic (exact) mass is 253 g/mol. The zero-order chi connectivity index (χ0) is 12.3. The smallest absolute Gasteiger partial charge is 0.0618 e. The minimum absolute atomic E-state index is 0.468. The Morgan fingerprint density at radius 2 is 2.24 bits per heavy atom. The Balaban J connectivity index is 2.01. The number of hydrogen-bond donors (Lipinski definition) is 1. The van der Waals surface area contributed by atoms with Gasteiger partial charge in [0, 0.05) is 24.1 Å². The van der Waals surface area contributed by atoms with Gasteiger partial charge in [-0.15, -0.1) is 11.3 Å². The number of rotatable bonds is 7. The van der Waals surface area contributed by atoms with Crippen molar-refractivity contribution in [2.45, 2.75) is 38.8 Å². The lowest BCUT2D eigenvalue weighted by Gasteiger charge is -2.27. The van der Waals surface area contributed by atoms with Gasteiger partial charge in [0.05, 0.1) is 6.61 Å². The molecule has 1 aromatic heterocycles. The molecule has 0 spiro atoms. The molecule has 0 radical (unpaired) electrons. The van der Waals surface area contributed by atoms with Crippen molar-refractivity contribution in [3.05, 3.63) is 22.4 Å². The van der Waals surface area contributed by atoms with Gasteiger partial charge in [-0.05, 0) is 36.1 Å². The van der Waals surface area contributed by atoms with Crippen LogP contribution < -0.4 is 5.32 Å². The van der Waals surface area contributed by atoms with E-state index in [0.29, 0.717) is 18.0 Å². The summed E-state index contributed by atoms with van der Waals surface area (Å²) in [4.78, 5) is 1.45. The second-order valence-electron chi connectivity index (χ2n) is 5.30. The van der Waals surface area contributed by atoms with Gasteiger partial charge in [0.15, 0.2) is 0 Å². The van der Waals surface area contributed by atoms with Crippen LogP contribution in [0.4, 0.5) is 0 Å². The van der Waals surface area contributed by atoms with Crippen LogP contribution in [-0.2, 0) is 4.74 Å². The first-order valence-electron chi connectivity index (χ1n) is 6.50. The van der Waals surface area contributed by atoms with E-state index in [0.717, 1.165) is 12.5 Å². The van der Waals surface area contributed by atoms with Crippen LogP contribution in [0.15, 0.2) is 17.5 Å². The summed E-state index contributed by atoms with van der Waals surface area (Å²) in [6, 6.07) is 5.36. The minimum atomic E-state index is 0.468. The van der Waals surface area contributed by atoms with Crippen molar-refractivity contribution in [3.63, 3.8) is 0 Å². The number of nitrogens with one attached hydrogen (secondary N) is 1. The SMILES string of the molecule is COCC(NC(c1cccs1)C(C)C)C1CC1. The fourth-order valence-electron chi connectivity index (χ4n) is 2.30. The molecule has 2 nitrogen and oxygen atoms in total. The maximum Gasteiger partial charge on any atom is 0.0618 e. The lowest BCUT2D eigenvalue weighted by molar-refractivity contribution is 0.146. The molecule has 96 valence electrons. The Morgan fingerprint density at radius 1 is 1.47 bits per heavy atom. The molecule has 1 aliphatic rings. The quantitative estimate of drug-likeness (QED) is 0.803. The lowest BCUT2D eigenvalue weighted by atomic mass is 10.0. The van der Waals surface area contributed by atoms with Crippen LogP contribution in [0.3, 0.4) is 0 Å². The minimum Gasteiger partial charge on any atom is -0.383 e. The molecule has 3 heteroatoms. The normalized spacial score (nSPS) is 19.5. The van der Waals surface area contributed by atoms with E-state index in [-0.39, 0.29) is 0 Å². The number of hydrogen-bond acceptors (Lipinski definition) is 3. The van der Waals surface area contributed by atoms with Crippen LogP contribution in [0.5, 0.6) is 0 Å². The lowest BCUT2D eigenvalue weighted by Crippen LogP contribution is -2.39. The van der Waals surface area contributed by atoms with Crippen molar-refractivity contribution in [3.8, 4) is 0 Å². The molecule has 1 heterocycles. The van der Waals surface area contributed by atoms with Crippen molar-refractivity contribution in [1.29, 1.82) is 0 Å². The number of ether oxygens (including phenoxy) is 1. The summed E-state index contributed by atoms with van der Waals surface area (Å²) in [5.74, 6) is 1.45. The van der Waals surface area contributed by atoms with Gasteiger partial charge in [-0.2, -0.15) is 0 Å². The Kier molecular flexibility index (Phi) is 4.60. The molecule has 1 N–H and O–H groups in total. The summed E-state index contributed by atoms with van der Waals surface area (Å²) in [6.45, 7) is 5.40. The molecule has 0 aliphatic heterocycles. The molecule has 1 aromatic rings. The highest BCUT2D eigenvalue weighted by Gasteiger charge is 2.33. The van der Waals surface area contributed by atoms with Gasteiger partial charge < -0.3 is 10.1 Å². The average molecular weight is 253 g/mol. The van der Waals surface area contributed by atoms with E-state index in [1.807, 2.05) is 11.3 Å². The van der Waals surface area contributed by atoms with E-state index < -0.39 is 0 Å². The van der Waals surface area contributed by atoms with Crippen molar-refractivity contribution >= 4 is 11.3 Å². The largest absolute Gasteiger partial charge is 0.383 e. The van der Waals surface area contributed by atoms with Gasteiger partial charge in [0.1, 0.15) is 0 Å². The van der Waals surface area contributed by atoms with Crippen LogP contribution in [-0.4, -0.2) is 19.8 Å². The molecule has 0 amide bonds. The second kappa shape index (κ2) is 5.98. The van der Waals surface area contributed by atoms with Gasteiger partial charge >= 0.3 is 0 Å². The third-order valence-corrected chi connectivity index (χ3v) is 4.40. The zero-order valence-corrected chi connectivity index (χ0v) is 11.8. The third-order valence-electron chi connectivity index (χ3n) is 3.45. The van der Waals surface area contributed by atoms with Crippen molar-refractivity contribution in [2.75, 3.05) is 13.7 Å². The molecule has 0 aromatic carbocycles. The molecule has 17 heavy (non-hydrogen) atoms. The summed E-state index contributed by atoms with van der Waals surface area (Å²) >= 11 is 1.85. The molecule has 2 atom stereocenters. The number of thiophene rings is 1. The molecule has 2 unspecified atom stereocenters. The molecule has 1 aliphatic carbocycles. The van der Waals surface area contributed by atoms with Crippen LogP contribution in [0.1, 0.15) is 37.6 Å². The summed E-state index contributed by atoms with van der Waals surface area (Å²) < 4.78 is 5.34. The highest BCUT2D eigenvalue weighted by molar-refractivity contribution is 7.10. The van der Waals surface area contributed by atoms with Crippen LogP contribution in [0, 0.1) is 11.8 Å². The molecule has 0 saturated heterocycles. The van der Waals surface area contributed by atoms with Gasteiger partial charge in [-0.1, -0.05) is 19.9 Å². The van der Waals surface area contributed by atoms with Crippen molar-refractivity contribution in [1.82, 2.24) is 5.32 Å². The summed E-state index contributed by atoms with van der Waals surface area (Å²) in [7, 11) is 1.80. The maximum absolute atomic E-state index is 5.34. The molecular formula is C14H23NOS.